The molecule has 37 heavy (non-hydrogen) atoms. The highest BCUT2D eigenvalue weighted by molar-refractivity contribution is 7.22. The van der Waals surface area contributed by atoms with Crippen molar-refractivity contribution in [2.75, 3.05) is 38.2 Å². The fourth-order valence-corrected chi connectivity index (χ4v) is 6.04. The van der Waals surface area contributed by atoms with Crippen molar-refractivity contribution in [3.8, 4) is 10.6 Å². The lowest BCUT2D eigenvalue weighted by Crippen LogP contribution is -2.35. The number of rotatable bonds is 10. The van der Waals surface area contributed by atoms with E-state index in [1.807, 2.05) is 24.3 Å². The molecule has 1 aromatic carbocycles. The Morgan fingerprint density at radius 3 is 2.70 bits per heavy atom. The number of nitrogens with one attached hydrogen (secondary N) is 2. The average Bonchev–Trinajstić information content (AvgIpc) is 3.57. The van der Waals surface area contributed by atoms with Crippen molar-refractivity contribution in [2.45, 2.75) is 44.6 Å². The molecule has 6 nitrogen and oxygen atoms in total. The van der Waals surface area contributed by atoms with E-state index in [-0.39, 0.29) is 37.4 Å². The summed E-state index contributed by atoms with van der Waals surface area (Å²) in [6, 6.07) is 8.14. The van der Waals surface area contributed by atoms with Crippen molar-refractivity contribution in [1.29, 1.82) is 0 Å². The Morgan fingerprint density at radius 2 is 1.97 bits per heavy atom. The zero-order valence-corrected chi connectivity index (χ0v) is 23.8. The number of likely N-dealkylation sites (tertiary alicyclic amines) is 1. The van der Waals surface area contributed by atoms with Crippen LogP contribution >= 0.6 is 47.8 Å². The van der Waals surface area contributed by atoms with Gasteiger partial charge in [-0.05, 0) is 75.7 Å². The van der Waals surface area contributed by atoms with Crippen LogP contribution in [0.25, 0.3) is 20.7 Å². The maximum atomic E-state index is 12.7. The molecule has 1 aliphatic carbocycles. The Kier molecular flexibility index (Phi) is 11.2. The molecule has 0 bridgehead atoms. The van der Waals surface area contributed by atoms with Crippen LogP contribution < -0.4 is 10.6 Å². The topological polar surface area (TPSA) is 70.2 Å². The standard InChI is InChI=1S/C26H31ClFN5OS.2ClH/c27-21-16-30-26(29-11-2-3-17-8-12-33(13-9-17)14-10-28)32-24(21)23-15-20-19(4-1-5-22(20)35-23)25(34)31-18-6-7-18;;/h1,4-5,15-18H,2-3,6-14H2,(H,31,34)(H,29,30,32);2*1H. The fourth-order valence-electron chi connectivity index (χ4n) is 4.70. The Balaban J connectivity index is 0.00000190. The molecule has 3 heterocycles. The predicted octanol–water partition coefficient (Wildman–Crippen LogP) is 6.62. The first-order valence-corrected chi connectivity index (χ1v) is 13.7. The number of fused-ring (bicyclic) bond motifs is 1. The van der Waals surface area contributed by atoms with Crippen LogP contribution in [0.1, 0.15) is 48.9 Å². The van der Waals surface area contributed by atoms with Crippen LogP contribution in [0.15, 0.2) is 30.5 Å². The summed E-state index contributed by atoms with van der Waals surface area (Å²) in [7, 11) is 0. The number of nitrogens with zero attached hydrogens (tertiary/aromatic N) is 3. The molecular formula is C26H33Cl3FN5OS. The SMILES string of the molecule is Cl.Cl.O=C(NC1CC1)c1cccc2sc(-c3nc(NCCCC4CCN(CCF)CC4)ncc3Cl)cc12. The van der Waals surface area contributed by atoms with Crippen molar-refractivity contribution >= 4 is 69.7 Å². The summed E-state index contributed by atoms with van der Waals surface area (Å²) in [5, 5.41) is 7.84. The molecule has 1 saturated heterocycles. The summed E-state index contributed by atoms with van der Waals surface area (Å²) in [6.45, 7) is 3.12. The number of hydrogen-bond acceptors (Lipinski definition) is 6. The van der Waals surface area contributed by atoms with E-state index in [0.717, 1.165) is 73.1 Å². The highest BCUT2D eigenvalue weighted by Gasteiger charge is 2.25. The molecule has 2 fully saturated rings. The van der Waals surface area contributed by atoms with Crippen LogP contribution in [0.4, 0.5) is 10.3 Å². The van der Waals surface area contributed by atoms with E-state index in [1.54, 1.807) is 17.5 Å². The van der Waals surface area contributed by atoms with Gasteiger partial charge in [0, 0.05) is 34.8 Å². The number of piperidine rings is 1. The third-order valence-corrected chi connectivity index (χ3v) is 8.26. The monoisotopic (exact) mass is 587 g/mol. The molecule has 2 aromatic heterocycles. The average molecular weight is 589 g/mol. The number of carbonyl (C=O) groups is 1. The smallest absolute Gasteiger partial charge is 0.252 e. The lowest BCUT2D eigenvalue weighted by Gasteiger charge is -2.31. The molecule has 11 heteroatoms. The van der Waals surface area contributed by atoms with Gasteiger partial charge in [0.05, 0.1) is 16.1 Å². The molecule has 202 valence electrons. The zero-order chi connectivity index (χ0) is 24.2. The van der Waals surface area contributed by atoms with Gasteiger partial charge in [-0.15, -0.1) is 36.2 Å². The number of amides is 1. The summed E-state index contributed by atoms with van der Waals surface area (Å²) in [5.74, 6) is 1.25. The number of anilines is 1. The number of alkyl halides is 1. The normalized spacial score (nSPS) is 16.2. The van der Waals surface area contributed by atoms with Crippen LogP contribution in [0, 0.1) is 5.92 Å². The fraction of sp³-hybridized carbons (Fsp3) is 0.500. The van der Waals surface area contributed by atoms with Gasteiger partial charge < -0.3 is 15.5 Å². The summed E-state index contributed by atoms with van der Waals surface area (Å²) >= 11 is 8.06. The van der Waals surface area contributed by atoms with Gasteiger partial charge >= 0.3 is 0 Å². The molecule has 1 aliphatic heterocycles. The van der Waals surface area contributed by atoms with Crippen molar-refractivity contribution in [2.24, 2.45) is 5.92 Å². The van der Waals surface area contributed by atoms with Gasteiger partial charge in [-0.1, -0.05) is 17.7 Å². The van der Waals surface area contributed by atoms with Crippen molar-refractivity contribution in [3.63, 3.8) is 0 Å². The Bertz CT molecular complexity index is 1180. The molecular weight excluding hydrogens is 556 g/mol. The van der Waals surface area contributed by atoms with Crippen LogP contribution in [0.3, 0.4) is 0 Å². The quantitative estimate of drug-likeness (QED) is 0.261. The van der Waals surface area contributed by atoms with Gasteiger partial charge in [-0.2, -0.15) is 0 Å². The van der Waals surface area contributed by atoms with E-state index in [0.29, 0.717) is 40.7 Å². The minimum Gasteiger partial charge on any atom is -0.354 e. The predicted molar refractivity (Wildman–Crippen MR) is 156 cm³/mol. The Morgan fingerprint density at radius 1 is 1.19 bits per heavy atom. The van der Waals surface area contributed by atoms with Gasteiger partial charge in [0.2, 0.25) is 5.95 Å². The second kappa shape index (κ2) is 13.9. The largest absolute Gasteiger partial charge is 0.354 e. The van der Waals surface area contributed by atoms with Gasteiger partial charge in [0.1, 0.15) is 12.4 Å². The highest BCUT2D eigenvalue weighted by atomic mass is 35.5. The third kappa shape index (κ3) is 7.67. The van der Waals surface area contributed by atoms with Crippen molar-refractivity contribution < 1.29 is 9.18 Å². The molecule has 1 amide bonds. The first-order chi connectivity index (χ1) is 17.1. The minimum absolute atomic E-state index is 0. The third-order valence-electron chi connectivity index (χ3n) is 6.88. The molecule has 0 unspecified atom stereocenters. The molecule has 2 aliphatic rings. The molecule has 1 saturated carbocycles. The molecule has 3 aromatic rings. The van der Waals surface area contributed by atoms with E-state index in [1.165, 1.54) is 0 Å². The number of aromatic nitrogens is 2. The minimum atomic E-state index is -0.254. The van der Waals surface area contributed by atoms with Crippen LogP contribution in [0.2, 0.25) is 5.02 Å². The number of carbonyl (C=O) groups excluding carboxylic acids is 1. The lowest BCUT2D eigenvalue weighted by atomic mass is 9.92. The van der Waals surface area contributed by atoms with E-state index < -0.39 is 0 Å². The summed E-state index contributed by atoms with van der Waals surface area (Å²) in [4.78, 5) is 24.9. The van der Waals surface area contributed by atoms with Crippen LogP contribution in [0.5, 0.6) is 0 Å². The van der Waals surface area contributed by atoms with Crippen LogP contribution in [-0.4, -0.2) is 59.7 Å². The molecule has 0 radical (unpaired) electrons. The summed E-state index contributed by atoms with van der Waals surface area (Å²) in [6.07, 6.45) is 8.24. The second-order valence-corrected chi connectivity index (χ2v) is 11.0. The Hall–Kier alpha value is -1.71. The van der Waals surface area contributed by atoms with Gasteiger partial charge in [-0.25, -0.2) is 14.4 Å². The number of thiophene rings is 1. The lowest BCUT2D eigenvalue weighted by molar-refractivity contribution is 0.0952. The molecule has 0 atom stereocenters. The van der Waals surface area contributed by atoms with Crippen LogP contribution in [-0.2, 0) is 0 Å². The van der Waals surface area contributed by atoms with E-state index in [9.17, 15) is 9.18 Å². The molecule has 5 rings (SSSR count). The molecule has 0 spiro atoms. The summed E-state index contributed by atoms with van der Waals surface area (Å²) < 4.78 is 13.5. The van der Waals surface area contributed by atoms with E-state index in [2.05, 4.69) is 20.5 Å². The molecule has 2 N–H and O–H groups in total. The maximum absolute atomic E-state index is 12.7. The highest BCUT2D eigenvalue weighted by Crippen LogP contribution is 2.37. The Labute approximate surface area is 238 Å². The number of benzene rings is 1. The van der Waals surface area contributed by atoms with Gasteiger partial charge in [0.25, 0.3) is 5.91 Å². The zero-order valence-electron chi connectivity index (χ0n) is 20.6. The second-order valence-electron chi connectivity index (χ2n) is 9.51. The summed E-state index contributed by atoms with van der Waals surface area (Å²) in [5.41, 5.74) is 1.37. The van der Waals surface area contributed by atoms with Gasteiger partial charge in [0.15, 0.2) is 0 Å². The number of hydrogen-bond donors (Lipinski definition) is 2. The number of halogens is 4. The first-order valence-electron chi connectivity index (χ1n) is 12.5. The maximum Gasteiger partial charge on any atom is 0.252 e. The van der Waals surface area contributed by atoms with E-state index in [4.69, 9.17) is 16.6 Å². The van der Waals surface area contributed by atoms with Crippen molar-refractivity contribution in [1.82, 2.24) is 20.2 Å². The van der Waals surface area contributed by atoms with Gasteiger partial charge in [-0.3, -0.25) is 4.79 Å². The van der Waals surface area contributed by atoms with Crippen molar-refractivity contribution in [3.05, 3.63) is 41.0 Å². The van der Waals surface area contributed by atoms with E-state index >= 15 is 0 Å². The first kappa shape index (κ1) is 29.8.